The van der Waals surface area contributed by atoms with E-state index < -0.39 is 4.92 Å². The van der Waals surface area contributed by atoms with Crippen molar-refractivity contribution in [2.24, 2.45) is 4.99 Å². The summed E-state index contributed by atoms with van der Waals surface area (Å²) in [7, 11) is 0. The van der Waals surface area contributed by atoms with Gasteiger partial charge in [0.1, 0.15) is 18.2 Å². The number of aryl methyl sites for hydroxylation is 1. The molecule has 1 unspecified atom stereocenters. The Morgan fingerprint density at radius 2 is 1.73 bits per heavy atom. The van der Waals surface area contributed by atoms with Gasteiger partial charge in [-0.2, -0.15) is 0 Å². The van der Waals surface area contributed by atoms with Crippen molar-refractivity contribution in [1.29, 1.82) is 0 Å². The molecule has 7 nitrogen and oxygen atoms in total. The number of allylic oxidation sites excluding steroid dienone is 1. The van der Waals surface area contributed by atoms with Gasteiger partial charge in [0.15, 0.2) is 4.80 Å². The first kappa shape index (κ1) is 30.0. The van der Waals surface area contributed by atoms with Gasteiger partial charge < -0.3 is 4.74 Å². The van der Waals surface area contributed by atoms with E-state index in [1.165, 1.54) is 41.2 Å². The van der Waals surface area contributed by atoms with Crippen molar-refractivity contribution in [2.75, 3.05) is 0 Å². The molecule has 0 amide bonds. The molecule has 7 rings (SSSR count). The molecule has 0 fully saturated rings. The summed E-state index contributed by atoms with van der Waals surface area (Å²) in [6, 6.07) is 24.5. The zero-order valence-electron chi connectivity index (χ0n) is 23.4. The van der Waals surface area contributed by atoms with Crippen LogP contribution in [-0.4, -0.2) is 9.49 Å². The molecule has 0 bridgehead atoms. The van der Waals surface area contributed by atoms with E-state index in [2.05, 4.69) is 57.3 Å². The van der Waals surface area contributed by atoms with Crippen LogP contribution in [0.4, 0.5) is 10.1 Å². The van der Waals surface area contributed by atoms with E-state index >= 15 is 0 Å². The maximum Gasteiger partial charge on any atom is 0.271 e. The van der Waals surface area contributed by atoms with Crippen molar-refractivity contribution < 1.29 is 14.1 Å². The highest BCUT2D eigenvalue weighted by Crippen LogP contribution is 2.41. The van der Waals surface area contributed by atoms with E-state index in [1.807, 2.05) is 30.3 Å². The molecule has 5 aromatic rings. The minimum Gasteiger partial charge on any atom is -0.487 e. The van der Waals surface area contributed by atoms with Gasteiger partial charge in [0, 0.05) is 17.7 Å². The van der Waals surface area contributed by atoms with Crippen LogP contribution in [-0.2, 0) is 13.0 Å². The average molecular weight is 841 g/mol. The molecule has 2 aliphatic rings. The monoisotopic (exact) mass is 841 g/mol. The molecule has 11 heteroatoms. The van der Waals surface area contributed by atoms with Gasteiger partial charge >= 0.3 is 0 Å². The fourth-order valence-corrected chi connectivity index (χ4v) is 8.92. The number of non-ortho nitro benzene ring substituents is 1. The number of nitrogens with zero attached hydrogens (tertiary/aromatic N) is 3. The molecule has 0 saturated heterocycles. The van der Waals surface area contributed by atoms with Crippen LogP contribution < -0.4 is 19.6 Å². The summed E-state index contributed by atoms with van der Waals surface area (Å²) in [5.74, 6) is 0.384. The second-order valence-electron chi connectivity index (χ2n) is 10.7. The van der Waals surface area contributed by atoms with Crippen molar-refractivity contribution in [3.05, 3.63) is 161 Å². The molecule has 0 spiro atoms. The van der Waals surface area contributed by atoms with Crippen LogP contribution in [0.2, 0.25) is 0 Å². The van der Waals surface area contributed by atoms with E-state index in [0.29, 0.717) is 15.1 Å². The van der Waals surface area contributed by atoms with Gasteiger partial charge in [0.25, 0.3) is 11.2 Å². The Morgan fingerprint density at radius 3 is 2.44 bits per heavy atom. The normalized spacial score (nSPS) is 15.6. The number of hydrogen-bond donors (Lipinski definition) is 0. The number of nitro groups is 1. The number of benzene rings is 4. The third-order valence-electron chi connectivity index (χ3n) is 7.91. The lowest BCUT2D eigenvalue weighted by Crippen LogP contribution is -2.38. The van der Waals surface area contributed by atoms with E-state index in [1.54, 1.807) is 28.8 Å². The van der Waals surface area contributed by atoms with E-state index in [4.69, 9.17) is 9.73 Å². The van der Waals surface area contributed by atoms with E-state index in [0.717, 1.165) is 53.5 Å². The Bertz CT molecular complexity index is 2190. The second kappa shape index (κ2) is 12.2. The predicted molar refractivity (Wildman–Crippen MR) is 188 cm³/mol. The van der Waals surface area contributed by atoms with Crippen LogP contribution in [0.3, 0.4) is 0 Å². The van der Waals surface area contributed by atoms with Gasteiger partial charge in [0.05, 0.1) is 28.3 Å². The molecule has 4 aromatic carbocycles. The molecular formula is C34H22FI2N3O4S. The molecule has 0 saturated carbocycles. The summed E-state index contributed by atoms with van der Waals surface area (Å²) < 4.78 is 24.1. The SMILES string of the molecule is O=c1/c(=C/c2cc(I)c(OCc3ccc([N+](=O)[O-])cc3)c(I)c2)sc2n1C(c1ccc(F)cc1)C1=C(N=2)c2ccccc2CC1. The second-order valence-corrected chi connectivity index (χ2v) is 14.0. The van der Waals surface area contributed by atoms with Crippen LogP contribution >= 0.6 is 56.5 Å². The molecule has 0 radical (unpaired) electrons. The first-order valence-electron chi connectivity index (χ1n) is 14.0. The maximum atomic E-state index is 14.1. The molecule has 2 heterocycles. The number of rotatable bonds is 6. The van der Waals surface area contributed by atoms with Crippen molar-refractivity contribution in [3.8, 4) is 5.75 Å². The molecule has 224 valence electrons. The maximum absolute atomic E-state index is 14.1. The largest absolute Gasteiger partial charge is 0.487 e. The molecule has 1 aliphatic heterocycles. The Kier molecular flexibility index (Phi) is 8.16. The summed E-state index contributed by atoms with van der Waals surface area (Å²) in [6.45, 7) is 0.263. The van der Waals surface area contributed by atoms with Crippen LogP contribution in [0.5, 0.6) is 5.75 Å². The summed E-state index contributed by atoms with van der Waals surface area (Å²) in [5.41, 5.74) is 6.70. The topological polar surface area (TPSA) is 86.7 Å². The molecule has 1 atom stereocenters. The Balaban J connectivity index is 1.27. The van der Waals surface area contributed by atoms with Gasteiger partial charge in [-0.15, -0.1) is 0 Å². The average Bonchev–Trinajstić information content (AvgIpc) is 3.34. The summed E-state index contributed by atoms with van der Waals surface area (Å²) in [5, 5.41) is 10.9. The minimum absolute atomic E-state index is 0.0338. The van der Waals surface area contributed by atoms with E-state index in [-0.39, 0.29) is 29.7 Å². The highest BCUT2D eigenvalue weighted by molar-refractivity contribution is 14.1. The number of hydrogen-bond acceptors (Lipinski definition) is 6. The van der Waals surface area contributed by atoms with Gasteiger partial charge in [-0.05, 0) is 128 Å². The van der Waals surface area contributed by atoms with Crippen LogP contribution in [0, 0.1) is 23.1 Å². The summed E-state index contributed by atoms with van der Waals surface area (Å²) in [4.78, 5) is 30.2. The van der Waals surface area contributed by atoms with Crippen molar-refractivity contribution in [1.82, 2.24) is 4.57 Å². The molecular weight excluding hydrogens is 819 g/mol. The number of thiazole rings is 1. The van der Waals surface area contributed by atoms with Gasteiger partial charge in [-0.25, -0.2) is 9.38 Å². The highest BCUT2D eigenvalue weighted by atomic mass is 127. The minimum atomic E-state index is -0.428. The number of fused-ring (bicyclic) bond motifs is 3. The van der Waals surface area contributed by atoms with Gasteiger partial charge in [-0.1, -0.05) is 47.7 Å². The molecule has 1 aromatic heterocycles. The van der Waals surface area contributed by atoms with Gasteiger partial charge in [-0.3, -0.25) is 19.5 Å². The van der Waals surface area contributed by atoms with Crippen molar-refractivity contribution in [2.45, 2.75) is 25.5 Å². The van der Waals surface area contributed by atoms with Crippen molar-refractivity contribution in [3.63, 3.8) is 0 Å². The van der Waals surface area contributed by atoms with E-state index in [9.17, 15) is 19.3 Å². The third kappa shape index (κ3) is 5.76. The quantitative estimate of drug-likeness (QED) is 0.103. The number of nitro benzene ring substituents is 1. The molecule has 0 N–H and O–H groups in total. The fraction of sp³-hybridized carbons (Fsp3) is 0.118. The number of halogens is 3. The highest BCUT2D eigenvalue weighted by Gasteiger charge is 2.32. The van der Waals surface area contributed by atoms with Crippen LogP contribution in [0.15, 0.2) is 100 Å². The smallest absolute Gasteiger partial charge is 0.271 e. The lowest BCUT2D eigenvalue weighted by Gasteiger charge is -2.30. The lowest BCUT2D eigenvalue weighted by atomic mass is 9.83. The fourth-order valence-electron chi connectivity index (χ4n) is 5.79. The zero-order valence-corrected chi connectivity index (χ0v) is 28.5. The Morgan fingerprint density at radius 1 is 1.02 bits per heavy atom. The zero-order chi connectivity index (χ0) is 31.2. The molecule has 1 aliphatic carbocycles. The molecule has 45 heavy (non-hydrogen) atoms. The lowest BCUT2D eigenvalue weighted by molar-refractivity contribution is -0.384. The van der Waals surface area contributed by atoms with Crippen LogP contribution in [0.1, 0.15) is 40.3 Å². The van der Waals surface area contributed by atoms with Gasteiger partial charge in [0.2, 0.25) is 0 Å². The number of aromatic nitrogens is 1. The standard InChI is InChI=1S/C34H22FI2N3O4S/c35-23-10-7-22(8-11-23)31-26-14-9-21-3-1-2-4-25(21)30(26)38-34-39(31)33(41)29(45-34)17-20-15-27(36)32(28(37)16-20)44-18-19-5-12-24(13-6-19)40(42)43/h1-8,10-13,15-17,31H,9,14,18H2/b29-17-. The third-order valence-corrected chi connectivity index (χ3v) is 10.5. The summed E-state index contributed by atoms with van der Waals surface area (Å²) >= 11 is 5.79. The first-order valence-corrected chi connectivity index (χ1v) is 17.0. The first-order chi connectivity index (χ1) is 21.8. The van der Waals surface area contributed by atoms with Crippen molar-refractivity contribution >= 4 is 74.0 Å². The number of ether oxygens (including phenoxy) is 1. The Labute approximate surface area is 287 Å². The Hall–Kier alpha value is -3.69. The predicted octanol–water partition coefficient (Wildman–Crippen LogP) is 7.15. The summed E-state index contributed by atoms with van der Waals surface area (Å²) in [6.07, 6.45) is 3.49. The van der Waals surface area contributed by atoms with Crippen LogP contribution in [0.25, 0.3) is 11.8 Å².